The van der Waals surface area contributed by atoms with E-state index in [0.717, 1.165) is 5.52 Å². The molecule has 0 fully saturated rings. The zero-order valence-corrected chi connectivity index (χ0v) is 48.8. The van der Waals surface area contributed by atoms with Crippen LogP contribution in [0, 0.1) is 11.8 Å². The maximum Gasteiger partial charge on any atom is 0.326 e. The van der Waals surface area contributed by atoms with Crippen LogP contribution in [0.3, 0.4) is 0 Å². The van der Waals surface area contributed by atoms with E-state index in [9.17, 15) is 68.1 Å². The van der Waals surface area contributed by atoms with Crippen molar-refractivity contribution in [2.45, 2.75) is 134 Å². The molecule has 8 atom stereocenters. The van der Waals surface area contributed by atoms with Crippen LogP contribution in [0.1, 0.15) is 82.1 Å². The highest BCUT2D eigenvalue weighted by Gasteiger charge is 2.35. The summed E-state index contributed by atoms with van der Waals surface area (Å²) in [5, 5.41) is 51.2. The van der Waals surface area contributed by atoms with Crippen molar-refractivity contribution in [1.29, 1.82) is 0 Å². The number of fused-ring (bicyclic) bond motifs is 1. The lowest BCUT2D eigenvalue weighted by Crippen LogP contribution is -2.60. The zero-order valence-electron chi connectivity index (χ0n) is 48.8. The number of benzene rings is 4. The Bertz CT molecular complexity index is 3210. The van der Waals surface area contributed by atoms with Gasteiger partial charge in [0, 0.05) is 49.2 Å². The number of aromatic hydroxyl groups is 2. The van der Waals surface area contributed by atoms with Gasteiger partial charge in [-0.05, 0) is 83.7 Å². The number of phenolic OH excluding ortho intramolecular Hbond substituents is 2. The number of H-pyrrole nitrogens is 1. The molecule has 0 unspecified atom stereocenters. The van der Waals surface area contributed by atoms with Crippen LogP contribution in [0.15, 0.2) is 109 Å². The first-order valence-electron chi connectivity index (χ1n) is 28.3. The molecular weight excluding hydrogens is 1120 g/mol. The third-order valence-corrected chi connectivity index (χ3v) is 13.8. The minimum absolute atomic E-state index is 0.0106. The molecular formula is C61H78N12O14. The van der Waals surface area contributed by atoms with Gasteiger partial charge in [0.15, 0.2) is 0 Å². The predicted octanol–water partition coefficient (Wildman–Crippen LogP) is 0.00450. The molecule has 4 aromatic carbocycles. The highest BCUT2D eigenvalue weighted by Crippen LogP contribution is 2.21. The average molecular weight is 1200 g/mol. The molecule has 0 spiro atoms. The standard InChI is InChI=1S/C61H78N12O14/c1-33(2)24-42(62)54(79)68-49(30-52(64)77)60(85)70-46(26-35-10-6-5-7-11-35)55(80)66-32-53(78)67-44(22-23-51(63)76)56(81)71-47(27-36-14-18-39(74)19-15-36)58(83)69-45(25-34(3)4)57(82)72-48(29-38-31-65-43-13-9-8-12-41(38)43)59(84)73-50(61(86)87)28-37-16-20-40(75)21-17-37/h5-21,31,33-34,42,44-50,65,74-75H,22-30,32,62H2,1-4H3,(H2,63,76)(H2,64,77)(H,66,80)(H,67,78)(H,68,79)(H,69,83)(H,70,85)(H,71,81)(H,72,82)(H,73,84)(H,86,87)/t42-,44-,45-,46-,47-,48-,49-,50-/m0/s1. The van der Waals surface area contributed by atoms with E-state index in [0.29, 0.717) is 27.6 Å². The van der Waals surface area contributed by atoms with E-state index in [2.05, 4.69) is 47.5 Å². The number of carboxylic acid groups (broad SMARTS) is 1. The Hall–Kier alpha value is -9.85. The number of phenols is 2. The second kappa shape index (κ2) is 33.0. The van der Waals surface area contributed by atoms with Gasteiger partial charge < -0.3 is 80.0 Å². The van der Waals surface area contributed by atoms with Crippen LogP contribution >= 0.6 is 0 Å². The average Bonchev–Trinajstić information content (AvgIpc) is 2.85. The Kier molecular flexibility index (Phi) is 25.8. The number of carboxylic acids is 1. The normalized spacial score (nSPS) is 13.9. The minimum Gasteiger partial charge on any atom is -0.508 e. The molecule has 5 rings (SSSR count). The fraction of sp³-hybridized carbons (Fsp3) is 0.393. The molecule has 26 nitrogen and oxygen atoms in total. The Morgan fingerprint density at radius 1 is 0.471 bits per heavy atom. The van der Waals surface area contributed by atoms with Gasteiger partial charge in [-0.15, -0.1) is 0 Å². The molecule has 10 amide bonds. The molecule has 0 radical (unpaired) electrons. The van der Waals surface area contributed by atoms with Gasteiger partial charge in [0.2, 0.25) is 59.1 Å². The Morgan fingerprint density at radius 3 is 1.46 bits per heavy atom. The quantitative estimate of drug-likeness (QED) is 0.0258. The van der Waals surface area contributed by atoms with Crippen molar-refractivity contribution < 1.29 is 68.1 Å². The summed E-state index contributed by atoms with van der Waals surface area (Å²) in [6, 6.07) is 15.5. The second-order valence-corrected chi connectivity index (χ2v) is 22.1. The Labute approximate surface area is 502 Å². The first kappa shape index (κ1) is 67.9. The van der Waals surface area contributed by atoms with Gasteiger partial charge in [0.1, 0.15) is 53.8 Å². The highest BCUT2D eigenvalue weighted by atomic mass is 16.4. The van der Waals surface area contributed by atoms with Crippen LogP contribution in [-0.2, 0) is 78.4 Å². The number of carbonyl (C=O) groups excluding carboxylic acids is 10. The monoisotopic (exact) mass is 1200 g/mol. The van der Waals surface area contributed by atoms with Crippen molar-refractivity contribution in [1.82, 2.24) is 47.5 Å². The highest BCUT2D eigenvalue weighted by molar-refractivity contribution is 5.99. The summed E-state index contributed by atoms with van der Waals surface area (Å²) >= 11 is 0. The fourth-order valence-electron chi connectivity index (χ4n) is 9.39. The van der Waals surface area contributed by atoms with Crippen LogP contribution < -0.4 is 59.7 Å². The Balaban J connectivity index is 1.37. The summed E-state index contributed by atoms with van der Waals surface area (Å²) in [6.07, 6.45) is -0.373. The number of aromatic amines is 1. The molecule has 18 N–H and O–H groups in total. The van der Waals surface area contributed by atoms with Gasteiger partial charge in [-0.25, -0.2) is 4.79 Å². The lowest BCUT2D eigenvalue weighted by atomic mass is 9.99. The molecule has 0 bridgehead atoms. The molecule has 466 valence electrons. The Morgan fingerprint density at radius 2 is 0.920 bits per heavy atom. The molecule has 5 aromatic rings. The van der Waals surface area contributed by atoms with Crippen LogP contribution in [0.5, 0.6) is 11.5 Å². The SMILES string of the molecule is CC(C)C[C@H](NC(=O)[C@H](Cc1ccc(O)cc1)NC(=O)[C@H](CCC(N)=O)NC(=O)CNC(=O)[C@H](Cc1ccccc1)NC(=O)[C@H](CC(N)=O)NC(=O)[C@@H](N)CC(C)C)C(=O)N[C@@H](Cc1c[nH]c2ccccc12)C(=O)N[C@@H](Cc1ccc(O)cc1)C(=O)O. The first-order chi connectivity index (χ1) is 41.2. The number of amides is 10. The van der Waals surface area contributed by atoms with Gasteiger partial charge >= 0.3 is 5.97 Å². The van der Waals surface area contributed by atoms with E-state index in [1.54, 1.807) is 74.6 Å². The second-order valence-electron chi connectivity index (χ2n) is 22.1. The van der Waals surface area contributed by atoms with Crippen LogP contribution in [-0.4, -0.2) is 140 Å². The molecule has 0 aliphatic heterocycles. The third kappa shape index (κ3) is 22.6. The smallest absolute Gasteiger partial charge is 0.326 e. The molecule has 0 aliphatic carbocycles. The number of para-hydroxylation sites is 1. The number of hydrogen-bond acceptors (Lipinski definition) is 14. The number of hydrogen-bond donors (Lipinski definition) is 15. The van der Waals surface area contributed by atoms with Crippen molar-refractivity contribution in [3.63, 3.8) is 0 Å². The van der Waals surface area contributed by atoms with Gasteiger partial charge in [-0.2, -0.15) is 0 Å². The summed E-state index contributed by atoms with van der Waals surface area (Å²) in [4.78, 5) is 152. The third-order valence-electron chi connectivity index (χ3n) is 13.8. The van der Waals surface area contributed by atoms with Crippen molar-refractivity contribution in [3.05, 3.63) is 132 Å². The molecule has 26 heteroatoms. The maximum absolute atomic E-state index is 14.7. The van der Waals surface area contributed by atoms with E-state index in [1.807, 2.05) is 13.8 Å². The first-order valence-corrected chi connectivity index (χ1v) is 28.3. The fourth-order valence-corrected chi connectivity index (χ4v) is 9.39. The number of nitrogens with two attached hydrogens (primary N) is 3. The molecule has 87 heavy (non-hydrogen) atoms. The molecule has 0 saturated heterocycles. The lowest BCUT2D eigenvalue weighted by molar-refractivity contribution is -0.142. The minimum atomic E-state index is -1.60. The summed E-state index contributed by atoms with van der Waals surface area (Å²) in [5.74, 6) is -10.9. The largest absolute Gasteiger partial charge is 0.508 e. The van der Waals surface area contributed by atoms with Crippen molar-refractivity contribution in [2.75, 3.05) is 6.54 Å². The zero-order chi connectivity index (χ0) is 63.9. The van der Waals surface area contributed by atoms with E-state index in [-0.39, 0.29) is 61.9 Å². The predicted molar refractivity (Wildman–Crippen MR) is 319 cm³/mol. The van der Waals surface area contributed by atoms with Crippen molar-refractivity contribution in [3.8, 4) is 11.5 Å². The molecule has 0 aliphatic rings. The number of rotatable bonds is 34. The van der Waals surface area contributed by atoms with Crippen molar-refractivity contribution >= 4 is 75.9 Å². The van der Waals surface area contributed by atoms with Gasteiger partial charge in [0.05, 0.1) is 19.0 Å². The number of nitrogens with one attached hydrogen (secondary N) is 9. The van der Waals surface area contributed by atoms with Crippen LogP contribution in [0.4, 0.5) is 0 Å². The van der Waals surface area contributed by atoms with Crippen LogP contribution in [0.25, 0.3) is 10.9 Å². The molecule has 0 saturated carbocycles. The molecule has 1 heterocycles. The van der Waals surface area contributed by atoms with E-state index >= 15 is 0 Å². The van der Waals surface area contributed by atoms with E-state index in [1.165, 1.54) is 48.5 Å². The molecule has 1 aromatic heterocycles. The van der Waals surface area contributed by atoms with Crippen LogP contribution in [0.2, 0.25) is 0 Å². The van der Waals surface area contributed by atoms with Crippen molar-refractivity contribution in [2.24, 2.45) is 29.0 Å². The summed E-state index contributed by atoms with van der Waals surface area (Å²) < 4.78 is 0. The van der Waals surface area contributed by atoms with Gasteiger partial charge in [-0.1, -0.05) is 100 Å². The summed E-state index contributed by atoms with van der Waals surface area (Å²) in [5.41, 5.74) is 19.7. The number of aromatic nitrogens is 1. The number of aliphatic carboxylic acids is 1. The number of carbonyl (C=O) groups is 11. The summed E-state index contributed by atoms with van der Waals surface area (Å²) in [6.45, 7) is 6.39. The maximum atomic E-state index is 14.7. The summed E-state index contributed by atoms with van der Waals surface area (Å²) in [7, 11) is 0. The lowest BCUT2D eigenvalue weighted by Gasteiger charge is -2.28. The van der Waals surface area contributed by atoms with E-state index < -0.39 is 139 Å². The van der Waals surface area contributed by atoms with Gasteiger partial charge in [-0.3, -0.25) is 47.9 Å². The topological polar surface area (TPSA) is 439 Å². The van der Waals surface area contributed by atoms with Gasteiger partial charge in [0.25, 0.3) is 0 Å². The number of primary amides is 2. The van der Waals surface area contributed by atoms with E-state index in [4.69, 9.17) is 17.2 Å².